The SMILES string of the molecule is Cc1cc(F)cc(C(=O)NCCn2c(=O)[nH]c3ccccc32)c1. The normalized spacial score (nSPS) is 10.9. The van der Waals surface area contributed by atoms with Crippen molar-refractivity contribution in [3.8, 4) is 0 Å². The average molecular weight is 313 g/mol. The van der Waals surface area contributed by atoms with E-state index in [0.29, 0.717) is 12.1 Å². The predicted molar refractivity (Wildman–Crippen MR) is 86.0 cm³/mol. The van der Waals surface area contributed by atoms with Gasteiger partial charge in [0.15, 0.2) is 0 Å². The van der Waals surface area contributed by atoms with Crippen molar-refractivity contribution in [2.45, 2.75) is 13.5 Å². The number of H-pyrrole nitrogens is 1. The summed E-state index contributed by atoms with van der Waals surface area (Å²) in [5, 5.41) is 2.70. The van der Waals surface area contributed by atoms with Crippen LogP contribution in [0.25, 0.3) is 11.0 Å². The van der Waals surface area contributed by atoms with E-state index in [2.05, 4.69) is 10.3 Å². The van der Waals surface area contributed by atoms with Crippen molar-refractivity contribution in [1.29, 1.82) is 0 Å². The number of halogens is 1. The molecule has 0 unspecified atom stereocenters. The van der Waals surface area contributed by atoms with Gasteiger partial charge in [0.2, 0.25) is 0 Å². The molecule has 0 spiro atoms. The molecule has 6 heteroatoms. The van der Waals surface area contributed by atoms with Gasteiger partial charge < -0.3 is 10.3 Å². The summed E-state index contributed by atoms with van der Waals surface area (Å²) in [5.74, 6) is -0.802. The molecular weight excluding hydrogens is 297 g/mol. The third-order valence-corrected chi connectivity index (χ3v) is 3.61. The largest absolute Gasteiger partial charge is 0.350 e. The number of hydrogen-bond acceptors (Lipinski definition) is 2. The van der Waals surface area contributed by atoms with Gasteiger partial charge in [0.05, 0.1) is 11.0 Å². The van der Waals surface area contributed by atoms with Crippen molar-refractivity contribution >= 4 is 16.9 Å². The van der Waals surface area contributed by atoms with E-state index in [4.69, 9.17) is 0 Å². The zero-order valence-electron chi connectivity index (χ0n) is 12.6. The van der Waals surface area contributed by atoms with Gasteiger partial charge in [-0.1, -0.05) is 12.1 Å². The van der Waals surface area contributed by atoms with Crippen LogP contribution in [0, 0.1) is 12.7 Å². The maximum absolute atomic E-state index is 13.3. The highest BCUT2D eigenvalue weighted by atomic mass is 19.1. The third-order valence-electron chi connectivity index (χ3n) is 3.61. The number of aryl methyl sites for hydroxylation is 1. The minimum atomic E-state index is -0.442. The lowest BCUT2D eigenvalue weighted by atomic mass is 10.1. The summed E-state index contributed by atoms with van der Waals surface area (Å²) in [7, 11) is 0. The molecule has 0 fully saturated rings. The second-order valence-corrected chi connectivity index (χ2v) is 5.37. The number of hydrogen-bond donors (Lipinski definition) is 2. The van der Waals surface area contributed by atoms with Crippen molar-refractivity contribution in [2.24, 2.45) is 0 Å². The number of amides is 1. The number of aromatic amines is 1. The van der Waals surface area contributed by atoms with Crippen LogP contribution in [0.5, 0.6) is 0 Å². The standard InChI is InChI=1S/C17H16FN3O2/c1-11-8-12(10-13(18)9-11)16(22)19-6-7-21-15-5-3-2-4-14(15)20-17(21)23/h2-5,8-10H,6-7H2,1H3,(H,19,22)(H,20,23). The van der Waals surface area contributed by atoms with Gasteiger partial charge in [-0.3, -0.25) is 9.36 Å². The molecule has 0 aliphatic rings. The quantitative estimate of drug-likeness (QED) is 0.775. The van der Waals surface area contributed by atoms with Crippen molar-refractivity contribution in [3.05, 3.63) is 69.9 Å². The van der Waals surface area contributed by atoms with E-state index in [0.717, 1.165) is 11.0 Å². The first-order chi connectivity index (χ1) is 11.0. The molecule has 23 heavy (non-hydrogen) atoms. The second-order valence-electron chi connectivity index (χ2n) is 5.37. The number of rotatable bonds is 4. The number of para-hydroxylation sites is 2. The Morgan fingerprint density at radius 2 is 2.04 bits per heavy atom. The Morgan fingerprint density at radius 3 is 2.83 bits per heavy atom. The van der Waals surface area contributed by atoms with Gasteiger partial charge in [0.1, 0.15) is 5.82 Å². The Bertz CT molecular complexity index is 907. The molecule has 0 bridgehead atoms. The van der Waals surface area contributed by atoms with Gasteiger partial charge in [-0.15, -0.1) is 0 Å². The Kier molecular flexibility index (Phi) is 3.97. The number of imidazole rings is 1. The first-order valence-electron chi connectivity index (χ1n) is 7.27. The van der Waals surface area contributed by atoms with Crippen molar-refractivity contribution in [3.63, 3.8) is 0 Å². The van der Waals surface area contributed by atoms with Crippen LogP contribution in [0.3, 0.4) is 0 Å². The molecule has 0 radical (unpaired) electrons. The molecule has 1 heterocycles. The smallest absolute Gasteiger partial charge is 0.326 e. The van der Waals surface area contributed by atoms with Crippen molar-refractivity contribution < 1.29 is 9.18 Å². The van der Waals surface area contributed by atoms with Gasteiger partial charge >= 0.3 is 5.69 Å². The van der Waals surface area contributed by atoms with E-state index in [1.807, 2.05) is 24.3 Å². The molecule has 118 valence electrons. The minimum Gasteiger partial charge on any atom is -0.350 e. The van der Waals surface area contributed by atoms with Crippen LogP contribution in [0.4, 0.5) is 4.39 Å². The topological polar surface area (TPSA) is 66.9 Å². The van der Waals surface area contributed by atoms with E-state index >= 15 is 0 Å². The molecule has 2 aromatic carbocycles. The Hall–Kier alpha value is -2.89. The second kappa shape index (κ2) is 6.08. The third kappa shape index (κ3) is 3.15. The Morgan fingerprint density at radius 1 is 1.26 bits per heavy atom. The fourth-order valence-electron chi connectivity index (χ4n) is 2.58. The van der Waals surface area contributed by atoms with E-state index in [-0.39, 0.29) is 23.7 Å². The summed E-state index contributed by atoms with van der Waals surface area (Å²) in [6, 6.07) is 11.5. The molecule has 0 atom stereocenters. The number of carbonyl (C=O) groups excluding carboxylic acids is 1. The molecule has 0 saturated heterocycles. The Balaban J connectivity index is 1.70. The van der Waals surface area contributed by atoms with Crippen molar-refractivity contribution in [1.82, 2.24) is 14.9 Å². The molecule has 1 aromatic heterocycles. The number of nitrogens with zero attached hydrogens (tertiary/aromatic N) is 1. The maximum Gasteiger partial charge on any atom is 0.326 e. The average Bonchev–Trinajstić information content (AvgIpc) is 2.82. The van der Waals surface area contributed by atoms with E-state index in [9.17, 15) is 14.0 Å². The lowest BCUT2D eigenvalue weighted by Gasteiger charge is -2.07. The van der Waals surface area contributed by atoms with Crippen LogP contribution in [-0.2, 0) is 6.54 Å². The highest BCUT2D eigenvalue weighted by molar-refractivity contribution is 5.94. The summed E-state index contributed by atoms with van der Waals surface area (Å²) in [6.07, 6.45) is 0. The van der Waals surface area contributed by atoms with Crippen LogP contribution in [0.1, 0.15) is 15.9 Å². The number of aromatic nitrogens is 2. The van der Waals surface area contributed by atoms with E-state index < -0.39 is 5.82 Å². The van der Waals surface area contributed by atoms with Gasteiger partial charge in [0, 0.05) is 18.7 Å². The Labute approximate surface area is 131 Å². The zero-order chi connectivity index (χ0) is 16.4. The van der Waals surface area contributed by atoms with Crippen LogP contribution in [0.15, 0.2) is 47.3 Å². The molecule has 0 aliphatic heterocycles. The summed E-state index contributed by atoms with van der Waals surface area (Å²) >= 11 is 0. The monoisotopic (exact) mass is 313 g/mol. The molecule has 1 amide bonds. The van der Waals surface area contributed by atoms with E-state index in [1.165, 1.54) is 12.1 Å². The first kappa shape index (κ1) is 15.0. The highest BCUT2D eigenvalue weighted by Crippen LogP contribution is 2.09. The van der Waals surface area contributed by atoms with Gasteiger partial charge in [-0.2, -0.15) is 0 Å². The van der Waals surface area contributed by atoms with Crippen LogP contribution < -0.4 is 11.0 Å². The van der Waals surface area contributed by atoms with Crippen LogP contribution in [0.2, 0.25) is 0 Å². The van der Waals surface area contributed by atoms with Gasteiger partial charge in [-0.25, -0.2) is 9.18 Å². The molecule has 3 rings (SSSR count). The summed E-state index contributed by atoms with van der Waals surface area (Å²) in [5.41, 5.74) is 2.27. The maximum atomic E-state index is 13.3. The first-order valence-corrected chi connectivity index (χ1v) is 7.27. The van der Waals surface area contributed by atoms with Crippen LogP contribution >= 0.6 is 0 Å². The minimum absolute atomic E-state index is 0.220. The molecule has 0 saturated carbocycles. The predicted octanol–water partition coefficient (Wildman–Crippen LogP) is 2.21. The number of fused-ring (bicyclic) bond motifs is 1. The highest BCUT2D eigenvalue weighted by Gasteiger charge is 2.09. The van der Waals surface area contributed by atoms with E-state index in [1.54, 1.807) is 17.6 Å². The summed E-state index contributed by atoms with van der Waals surface area (Å²) in [6.45, 7) is 2.34. The lowest BCUT2D eigenvalue weighted by Crippen LogP contribution is -2.30. The molecule has 3 aromatic rings. The molecule has 0 aliphatic carbocycles. The summed E-state index contributed by atoms with van der Waals surface area (Å²) < 4.78 is 14.9. The van der Waals surface area contributed by atoms with Gasteiger partial charge in [-0.05, 0) is 42.8 Å². The number of carbonyl (C=O) groups is 1. The molecule has 5 nitrogen and oxygen atoms in total. The summed E-state index contributed by atoms with van der Waals surface area (Å²) in [4.78, 5) is 26.7. The van der Waals surface area contributed by atoms with Gasteiger partial charge in [0.25, 0.3) is 5.91 Å². The zero-order valence-corrected chi connectivity index (χ0v) is 12.6. The number of benzene rings is 2. The lowest BCUT2D eigenvalue weighted by molar-refractivity contribution is 0.0951. The number of nitrogens with one attached hydrogen (secondary N) is 2. The fraction of sp³-hybridized carbons (Fsp3) is 0.176. The van der Waals surface area contributed by atoms with Crippen molar-refractivity contribution in [2.75, 3.05) is 6.54 Å². The molecule has 2 N–H and O–H groups in total. The fourth-order valence-corrected chi connectivity index (χ4v) is 2.58. The van der Waals surface area contributed by atoms with Crippen LogP contribution in [-0.4, -0.2) is 22.0 Å². The molecular formula is C17H16FN3O2.